The third-order valence-corrected chi connectivity index (χ3v) is 5.90. The number of hydrogen-bond donors (Lipinski definition) is 2. The highest BCUT2D eigenvalue weighted by Gasteiger charge is 2.20. The van der Waals surface area contributed by atoms with Crippen LogP contribution in [-0.2, 0) is 14.8 Å². The van der Waals surface area contributed by atoms with E-state index >= 15 is 0 Å². The van der Waals surface area contributed by atoms with E-state index < -0.39 is 10.0 Å². The van der Waals surface area contributed by atoms with Crippen molar-refractivity contribution in [3.8, 4) is 5.75 Å². The van der Waals surface area contributed by atoms with Gasteiger partial charge in [-0.1, -0.05) is 30.3 Å². The van der Waals surface area contributed by atoms with E-state index in [1.54, 1.807) is 0 Å². The summed E-state index contributed by atoms with van der Waals surface area (Å²) in [7, 11) is 0.750. The minimum absolute atomic E-state index is 0.000649. The zero-order chi connectivity index (χ0) is 20.0. The highest BCUT2D eigenvalue weighted by atomic mass is 32.2. The Hall–Kier alpha value is -2.42. The van der Waals surface area contributed by atoms with Gasteiger partial charge in [0.15, 0.2) is 0 Å². The number of amides is 1. The Morgan fingerprint density at radius 3 is 2.41 bits per heavy atom. The van der Waals surface area contributed by atoms with E-state index in [0.29, 0.717) is 11.4 Å². The number of nitrogens with one attached hydrogen (secondary N) is 2. The number of ether oxygens (including phenoxy) is 1. The van der Waals surface area contributed by atoms with E-state index in [1.807, 2.05) is 37.3 Å². The Morgan fingerprint density at radius 2 is 1.81 bits per heavy atom. The number of methoxy groups -OCH3 is 1. The van der Waals surface area contributed by atoms with Crippen molar-refractivity contribution in [1.82, 2.24) is 9.62 Å². The SMILES string of the molecule is COc1ccc(S(=O)(=O)N(C)C)cc1NC(=O)CNC(C)c1ccccc1. The lowest BCUT2D eigenvalue weighted by atomic mass is 10.1. The van der Waals surface area contributed by atoms with Crippen LogP contribution in [0.1, 0.15) is 18.5 Å². The van der Waals surface area contributed by atoms with Crippen LogP contribution in [0, 0.1) is 0 Å². The molecule has 2 aromatic rings. The molecule has 0 radical (unpaired) electrons. The van der Waals surface area contributed by atoms with E-state index in [4.69, 9.17) is 4.74 Å². The Labute approximate surface area is 160 Å². The third kappa shape index (κ3) is 5.29. The molecule has 1 unspecified atom stereocenters. The maximum Gasteiger partial charge on any atom is 0.242 e. The summed E-state index contributed by atoms with van der Waals surface area (Å²) in [6, 6.07) is 14.1. The minimum Gasteiger partial charge on any atom is -0.495 e. The number of rotatable bonds is 8. The van der Waals surface area contributed by atoms with Crippen LogP contribution in [0.2, 0.25) is 0 Å². The van der Waals surface area contributed by atoms with E-state index in [2.05, 4.69) is 10.6 Å². The monoisotopic (exact) mass is 391 g/mol. The molecule has 146 valence electrons. The first-order valence-electron chi connectivity index (χ1n) is 8.44. The second-order valence-electron chi connectivity index (χ2n) is 6.21. The van der Waals surface area contributed by atoms with Crippen LogP contribution in [0.3, 0.4) is 0 Å². The summed E-state index contributed by atoms with van der Waals surface area (Å²) in [5, 5.41) is 5.85. The Balaban J connectivity index is 2.10. The molecule has 0 saturated heterocycles. The van der Waals surface area contributed by atoms with Gasteiger partial charge >= 0.3 is 0 Å². The molecular formula is C19H25N3O4S. The summed E-state index contributed by atoms with van der Waals surface area (Å²) in [6.07, 6.45) is 0. The van der Waals surface area contributed by atoms with Crippen LogP contribution in [0.25, 0.3) is 0 Å². The average Bonchev–Trinajstić information content (AvgIpc) is 2.66. The molecule has 0 bridgehead atoms. The summed E-state index contributed by atoms with van der Waals surface area (Å²) in [4.78, 5) is 12.4. The third-order valence-electron chi connectivity index (χ3n) is 4.09. The van der Waals surface area contributed by atoms with Crippen molar-refractivity contribution in [2.75, 3.05) is 33.1 Å². The number of carbonyl (C=O) groups is 1. The van der Waals surface area contributed by atoms with Gasteiger partial charge in [0.1, 0.15) is 5.75 Å². The summed E-state index contributed by atoms with van der Waals surface area (Å²) in [6.45, 7) is 2.04. The summed E-state index contributed by atoms with van der Waals surface area (Å²) < 4.78 is 30.9. The molecule has 8 heteroatoms. The number of benzene rings is 2. The molecule has 7 nitrogen and oxygen atoms in total. The second-order valence-corrected chi connectivity index (χ2v) is 8.36. The van der Waals surface area contributed by atoms with Gasteiger partial charge in [-0.05, 0) is 30.7 Å². The highest BCUT2D eigenvalue weighted by Crippen LogP contribution is 2.28. The molecule has 27 heavy (non-hydrogen) atoms. The maximum atomic E-state index is 12.3. The van der Waals surface area contributed by atoms with Gasteiger partial charge in [0, 0.05) is 20.1 Å². The van der Waals surface area contributed by atoms with Crippen LogP contribution in [0.4, 0.5) is 5.69 Å². The van der Waals surface area contributed by atoms with Gasteiger partial charge in [-0.2, -0.15) is 0 Å². The number of carbonyl (C=O) groups excluding carboxylic acids is 1. The second kappa shape index (κ2) is 8.98. The predicted octanol–water partition coefficient (Wildman–Crippen LogP) is 2.23. The fourth-order valence-electron chi connectivity index (χ4n) is 2.46. The van der Waals surface area contributed by atoms with Gasteiger partial charge in [-0.15, -0.1) is 0 Å². The standard InChI is InChI=1S/C19H25N3O4S/c1-14(15-8-6-5-7-9-15)20-13-19(23)21-17-12-16(10-11-18(17)26-4)27(24,25)22(2)3/h5-12,14,20H,13H2,1-4H3,(H,21,23). The van der Waals surface area contributed by atoms with Crippen molar-refractivity contribution >= 4 is 21.6 Å². The van der Waals surface area contributed by atoms with Crippen molar-refractivity contribution in [2.24, 2.45) is 0 Å². The normalized spacial score (nSPS) is 12.6. The van der Waals surface area contributed by atoms with Crippen LogP contribution in [0.5, 0.6) is 5.75 Å². The lowest BCUT2D eigenvalue weighted by Crippen LogP contribution is -2.30. The minimum atomic E-state index is -3.61. The topological polar surface area (TPSA) is 87.7 Å². The molecule has 0 aromatic heterocycles. The van der Waals surface area contributed by atoms with E-state index in [1.165, 1.54) is 39.4 Å². The summed E-state index contributed by atoms with van der Waals surface area (Å²) in [5.41, 5.74) is 1.38. The van der Waals surface area contributed by atoms with Crippen LogP contribution >= 0.6 is 0 Å². The van der Waals surface area contributed by atoms with Crippen molar-refractivity contribution < 1.29 is 17.9 Å². The van der Waals surface area contributed by atoms with Gasteiger partial charge < -0.3 is 15.4 Å². The van der Waals surface area contributed by atoms with E-state index in [-0.39, 0.29) is 23.4 Å². The Bertz CT molecular complexity index is 883. The summed E-state index contributed by atoms with van der Waals surface area (Å²) in [5.74, 6) is 0.0904. The van der Waals surface area contributed by atoms with Crippen LogP contribution in [0.15, 0.2) is 53.4 Å². The first-order valence-corrected chi connectivity index (χ1v) is 9.88. The summed E-state index contributed by atoms with van der Waals surface area (Å²) >= 11 is 0. The molecule has 0 aliphatic carbocycles. The van der Waals surface area contributed by atoms with E-state index in [9.17, 15) is 13.2 Å². The lowest BCUT2D eigenvalue weighted by molar-refractivity contribution is -0.115. The quantitative estimate of drug-likeness (QED) is 0.721. The molecule has 0 spiro atoms. The van der Waals surface area contributed by atoms with Crippen molar-refractivity contribution in [3.63, 3.8) is 0 Å². The van der Waals surface area contributed by atoms with Gasteiger partial charge in [-0.3, -0.25) is 4.79 Å². The molecule has 1 amide bonds. The molecule has 2 aromatic carbocycles. The predicted molar refractivity (Wildman–Crippen MR) is 105 cm³/mol. The molecule has 0 heterocycles. The highest BCUT2D eigenvalue weighted by molar-refractivity contribution is 7.89. The van der Waals surface area contributed by atoms with E-state index in [0.717, 1.165) is 9.87 Å². The van der Waals surface area contributed by atoms with Gasteiger partial charge in [0.05, 0.1) is 24.2 Å². The Kier molecular flexibility index (Phi) is 6.95. The zero-order valence-corrected chi connectivity index (χ0v) is 16.7. The maximum absolute atomic E-state index is 12.3. The number of nitrogens with zero attached hydrogens (tertiary/aromatic N) is 1. The molecule has 0 fully saturated rings. The first-order chi connectivity index (χ1) is 12.8. The van der Waals surface area contributed by atoms with Gasteiger partial charge in [0.2, 0.25) is 15.9 Å². The van der Waals surface area contributed by atoms with Crippen LogP contribution in [-0.4, -0.2) is 46.4 Å². The Morgan fingerprint density at radius 1 is 1.15 bits per heavy atom. The fourth-order valence-corrected chi connectivity index (χ4v) is 3.38. The number of anilines is 1. The molecule has 2 rings (SSSR count). The number of hydrogen-bond acceptors (Lipinski definition) is 5. The van der Waals surface area contributed by atoms with Crippen LogP contribution < -0.4 is 15.4 Å². The molecule has 0 aliphatic rings. The van der Waals surface area contributed by atoms with Crippen molar-refractivity contribution in [2.45, 2.75) is 17.9 Å². The fraction of sp³-hybridized carbons (Fsp3) is 0.316. The number of sulfonamides is 1. The molecule has 0 aliphatic heterocycles. The molecule has 1 atom stereocenters. The zero-order valence-electron chi connectivity index (χ0n) is 15.9. The molecule has 2 N–H and O–H groups in total. The average molecular weight is 391 g/mol. The first kappa shape index (κ1) is 20.9. The van der Waals surface area contributed by atoms with Gasteiger partial charge in [0.25, 0.3) is 0 Å². The van der Waals surface area contributed by atoms with Crippen molar-refractivity contribution in [1.29, 1.82) is 0 Å². The van der Waals surface area contributed by atoms with Crippen molar-refractivity contribution in [3.05, 3.63) is 54.1 Å². The van der Waals surface area contributed by atoms with Gasteiger partial charge in [-0.25, -0.2) is 12.7 Å². The molecular weight excluding hydrogens is 366 g/mol. The smallest absolute Gasteiger partial charge is 0.242 e. The molecule has 0 saturated carbocycles. The lowest BCUT2D eigenvalue weighted by Gasteiger charge is -2.16. The largest absolute Gasteiger partial charge is 0.495 e.